The monoisotopic (exact) mass is 293 g/mol. The van der Waals surface area contributed by atoms with E-state index < -0.39 is 0 Å². The van der Waals surface area contributed by atoms with E-state index in [1.807, 2.05) is 4.68 Å². The molecule has 1 N–H and O–H groups in total. The van der Waals surface area contributed by atoms with Crippen LogP contribution >= 0.6 is 0 Å². The molecule has 3 rings (SSSR count). The summed E-state index contributed by atoms with van der Waals surface area (Å²) in [6, 6.07) is 0.715. The molecule has 0 aromatic carbocycles. The summed E-state index contributed by atoms with van der Waals surface area (Å²) in [5, 5.41) is 11.9. The molecule has 1 aliphatic heterocycles. The Hall–Kier alpha value is -0.980. The van der Waals surface area contributed by atoms with Crippen LogP contribution in [-0.4, -0.2) is 57.3 Å². The van der Waals surface area contributed by atoms with Crippen molar-refractivity contribution < 1.29 is 4.74 Å². The third kappa shape index (κ3) is 4.49. The number of aromatic nitrogens is 3. The molecule has 0 bridgehead atoms. The predicted octanol–water partition coefficient (Wildman–Crippen LogP) is 1.03. The quantitative estimate of drug-likeness (QED) is 0.849. The second kappa shape index (κ2) is 6.02. The SMILES string of the molecule is CC1CN(CCn2cc(CNC3CC3)nn2)CC(C)(C)O1. The summed E-state index contributed by atoms with van der Waals surface area (Å²) in [6.07, 6.45) is 4.96. The first-order valence-corrected chi connectivity index (χ1v) is 8.03. The van der Waals surface area contributed by atoms with Crippen LogP contribution < -0.4 is 5.32 Å². The first kappa shape index (κ1) is 14.9. The lowest BCUT2D eigenvalue weighted by Crippen LogP contribution is -2.52. The van der Waals surface area contributed by atoms with Crippen molar-refractivity contribution in [3.05, 3.63) is 11.9 Å². The highest BCUT2D eigenvalue weighted by Crippen LogP contribution is 2.20. The van der Waals surface area contributed by atoms with Crippen LogP contribution in [0.4, 0.5) is 0 Å². The molecule has 0 spiro atoms. The van der Waals surface area contributed by atoms with Crippen molar-refractivity contribution in [1.82, 2.24) is 25.2 Å². The van der Waals surface area contributed by atoms with Crippen molar-refractivity contribution in [2.24, 2.45) is 0 Å². The van der Waals surface area contributed by atoms with Gasteiger partial charge in [-0.3, -0.25) is 9.58 Å². The second-order valence-corrected chi connectivity index (χ2v) is 7.05. The third-order valence-corrected chi connectivity index (χ3v) is 4.02. The lowest BCUT2D eigenvalue weighted by molar-refractivity contribution is -0.129. The minimum Gasteiger partial charge on any atom is -0.370 e. The Morgan fingerprint density at radius 1 is 1.38 bits per heavy atom. The molecule has 2 aliphatic rings. The summed E-state index contributed by atoms with van der Waals surface area (Å²) >= 11 is 0. The Morgan fingerprint density at radius 2 is 2.19 bits per heavy atom. The average molecular weight is 293 g/mol. The van der Waals surface area contributed by atoms with Gasteiger partial charge in [-0.15, -0.1) is 5.10 Å². The Balaban J connectivity index is 1.45. The number of nitrogens with one attached hydrogen (secondary N) is 1. The molecule has 1 aliphatic carbocycles. The van der Waals surface area contributed by atoms with E-state index in [0.29, 0.717) is 12.1 Å². The van der Waals surface area contributed by atoms with Crippen LogP contribution in [0.5, 0.6) is 0 Å². The standard InChI is InChI=1S/C15H27N5O/c1-12-9-19(11-15(2,3)21-12)6-7-20-10-14(17-18-20)8-16-13-4-5-13/h10,12-13,16H,4-9,11H2,1-3H3. The van der Waals surface area contributed by atoms with Gasteiger partial charge in [-0.2, -0.15) is 0 Å². The van der Waals surface area contributed by atoms with Crippen LogP contribution in [0, 0.1) is 0 Å². The van der Waals surface area contributed by atoms with Crippen molar-refractivity contribution in [2.45, 2.75) is 64.4 Å². The van der Waals surface area contributed by atoms with Crippen LogP contribution in [0.15, 0.2) is 6.20 Å². The molecule has 0 radical (unpaired) electrons. The van der Waals surface area contributed by atoms with Gasteiger partial charge < -0.3 is 10.1 Å². The maximum atomic E-state index is 5.94. The van der Waals surface area contributed by atoms with E-state index in [9.17, 15) is 0 Å². The summed E-state index contributed by atoms with van der Waals surface area (Å²) in [6.45, 7) is 11.2. The van der Waals surface area contributed by atoms with Gasteiger partial charge in [0.25, 0.3) is 0 Å². The second-order valence-electron chi connectivity index (χ2n) is 7.05. The van der Waals surface area contributed by atoms with E-state index in [2.05, 4.69) is 47.5 Å². The predicted molar refractivity (Wildman–Crippen MR) is 80.9 cm³/mol. The van der Waals surface area contributed by atoms with E-state index in [1.54, 1.807) is 0 Å². The average Bonchev–Trinajstić information content (AvgIpc) is 3.10. The third-order valence-electron chi connectivity index (χ3n) is 4.02. The normalized spacial score (nSPS) is 26.1. The van der Waals surface area contributed by atoms with Gasteiger partial charge in [0.2, 0.25) is 0 Å². The lowest BCUT2D eigenvalue weighted by Gasteiger charge is -2.41. The zero-order chi connectivity index (χ0) is 14.9. The number of hydrogen-bond acceptors (Lipinski definition) is 5. The molecule has 1 aromatic heterocycles. The molecular weight excluding hydrogens is 266 g/mol. The highest BCUT2D eigenvalue weighted by atomic mass is 16.5. The molecule has 1 saturated carbocycles. The number of hydrogen-bond donors (Lipinski definition) is 1. The fourth-order valence-corrected chi connectivity index (χ4v) is 3.07. The maximum absolute atomic E-state index is 5.94. The summed E-state index contributed by atoms with van der Waals surface area (Å²) < 4.78 is 7.89. The highest BCUT2D eigenvalue weighted by Gasteiger charge is 2.30. The van der Waals surface area contributed by atoms with E-state index in [1.165, 1.54) is 12.8 Å². The molecule has 0 amide bonds. The van der Waals surface area contributed by atoms with Crippen molar-refractivity contribution in [3.63, 3.8) is 0 Å². The first-order valence-electron chi connectivity index (χ1n) is 8.03. The summed E-state index contributed by atoms with van der Waals surface area (Å²) in [5.74, 6) is 0. The highest BCUT2D eigenvalue weighted by molar-refractivity contribution is 4.94. The van der Waals surface area contributed by atoms with Crippen LogP contribution in [0.25, 0.3) is 0 Å². The molecule has 1 atom stereocenters. The molecule has 21 heavy (non-hydrogen) atoms. The topological polar surface area (TPSA) is 55.2 Å². The summed E-state index contributed by atoms with van der Waals surface area (Å²) in [5.41, 5.74) is 0.983. The largest absolute Gasteiger partial charge is 0.370 e. The van der Waals surface area contributed by atoms with E-state index >= 15 is 0 Å². The summed E-state index contributed by atoms with van der Waals surface area (Å²) in [4.78, 5) is 2.46. The molecule has 2 heterocycles. The van der Waals surface area contributed by atoms with Crippen LogP contribution in [0.2, 0.25) is 0 Å². The van der Waals surface area contributed by atoms with Crippen molar-refractivity contribution in [2.75, 3.05) is 19.6 Å². The molecule has 6 nitrogen and oxygen atoms in total. The minimum absolute atomic E-state index is 0.0562. The van der Waals surface area contributed by atoms with E-state index in [0.717, 1.165) is 38.4 Å². The summed E-state index contributed by atoms with van der Waals surface area (Å²) in [7, 11) is 0. The number of ether oxygens (including phenoxy) is 1. The Labute approximate surface area is 126 Å². The Morgan fingerprint density at radius 3 is 2.90 bits per heavy atom. The smallest absolute Gasteiger partial charge is 0.0964 e. The molecule has 1 saturated heterocycles. The van der Waals surface area contributed by atoms with Crippen LogP contribution in [0.1, 0.15) is 39.3 Å². The van der Waals surface area contributed by atoms with Crippen molar-refractivity contribution in [3.8, 4) is 0 Å². The van der Waals surface area contributed by atoms with Gasteiger partial charge in [-0.25, -0.2) is 0 Å². The van der Waals surface area contributed by atoms with Gasteiger partial charge in [-0.1, -0.05) is 5.21 Å². The van der Waals surface area contributed by atoms with Gasteiger partial charge in [0.05, 0.1) is 23.9 Å². The first-order chi connectivity index (χ1) is 10.00. The van der Waals surface area contributed by atoms with Crippen LogP contribution in [0.3, 0.4) is 0 Å². The maximum Gasteiger partial charge on any atom is 0.0964 e. The van der Waals surface area contributed by atoms with Gasteiger partial charge in [0.15, 0.2) is 0 Å². The van der Waals surface area contributed by atoms with E-state index in [4.69, 9.17) is 4.74 Å². The molecular formula is C15H27N5O. The molecule has 6 heteroatoms. The number of morpholine rings is 1. The fraction of sp³-hybridized carbons (Fsp3) is 0.867. The van der Waals surface area contributed by atoms with Gasteiger partial charge in [-0.05, 0) is 33.6 Å². The van der Waals surface area contributed by atoms with Gasteiger partial charge in [0.1, 0.15) is 0 Å². The molecule has 1 unspecified atom stereocenters. The Bertz CT molecular complexity index is 468. The molecule has 1 aromatic rings. The van der Waals surface area contributed by atoms with Crippen LogP contribution in [-0.2, 0) is 17.8 Å². The zero-order valence-electron chi connectivity index (χ0n) is 13.4. The molecule has 118 valence electrons. The van der Waals surface area contributed by atoms with E-state index in [-0.39, 0.29) is 5.60 Å². The minimum atomic E-state index is -0.0562. The zero-order valence-corrected chi connectivity index (χ0v) is 13.4. The van der Waals surface area contributed by atoms with Gasteiger partial charge >= 0.3 is 0 Å². The van der Waals surface area contributed by atoms with Crippen molar-refractivity contribution in [1.29, 1.82) is 0 Å². The lowest BCUT2D eigenvalue weighted by atomic mass is 10.1. The van der Waals surface area contributed by atoms with Crippen molar-refractivity contribution >= 4 is 0 Å². The Kier molecular flexibility index (Phi) is 4.28. The number of rotatable bonds is 6. The fourth-order valence-electron chi connectivity index (χ4n) is 3.07. The number of nitrogens with zero attached hydrogens (tertiary/aromatic N) is 4. The van der Waals surface area contributed by atoms with Gasteiger partial charge in [0, 0.05) is 38.4 Å². The molecule has 2 fully saturated rings.